The summed E-state index contributed by atoms with van der Waals surface area (Å²) in [7, 11) is 1.98. The van der Waals surface area contributed by atoms with E-state index in [9.17, 15) is 0 Å². The minimum absolute atomic E-state index is 0.285. The summed E-state index contributed by atoms with van der Waals surface area (Å²) in [5.41, 5.74) is 1.23. The molecule has 0 aliphatic heterocycles. The van der Waals surface area contributed by atoms with Crippen molar-refractivity contribution in [3.63, 3.8) is 0 Å². The van der Waals surface area contributed by atoms with E-state index >= 15 is 0 Å². The van der Waals surface area contributed by atoms with Crippen molar-refractivity contribution in [3.8, 4) is 0 Å². The van der Waals surface area contributed by atoms with Crippen LogP contribution in [0.15, 0.2) is 12.3 Å². The predicted molar refractivity (Wildman–Crippen MR) is 67.2 cm³/mol. The van der Waals surface area contributed by atoms with E-state index in [1.54, 1.807) is 0 Å². The lowest BCUT2D eigenvalue weighted by Gasteiger charge is -2.25. The first-order chi connectivity index (χ1) is 6.96. The first-order valence-corrected chi connectivity index (χ1v) is 6.45. The SMILES string of the molecule is CSC(C)(C)CNC(C)c1ccnn1C. The predicted octanol–water partition coefficient (Wildman–Crippen LogP) is 2.21. The quantitative estimate of drug-likeness (QED) is 0.836. The largest absolute Gasteiger partial charge is 0.307 e. The van der Waals surface area contributed by atoms with Crippen LogP contribution in [-0.4, -0.2) is 27.3 Å². The van der Waals surface area contributed by atoms with Gasteiger partial charge in [0.25, 0.3) is 0 Å². The van der Waals surface area contributed by atoms with Crippen molar-refractivity contribution in [1.82, 2.24) is 15.1 Å². The third-order valence-corrected chi connectivity index (χ3v) is 3.94. The number of hydrogen-bond acceptors (Lipinski definition) is 3. The molecule has 86 valence electrons. The number of thioether (sulfide) groups is 1. The number of hydrogen-bond donors (Lipinski definition) is 1. The zero-order valence-corrected chi connectivity index (χ0v) is 11.1. The Bertz CT molecular complexity index is 307. The molecule has 0 saturated carbocycles. The summed E-state index contributed by atoms with van der Waals surface area (Å²) >= 11 is 1.89. The Morgan fingerprint density at radius 2 is 2.27 bits per heavy atom. The number of aromatic nitrogens is 2. The second-order valence-electron chi connectivity index (χ2n) is 4.45. The van der Waals surface area contributed by atoms with Crippen molar-refractivity contribution in [1.29, 1.82) is 0 Å². The summed E-state index contributed by atoms with van der Waals surface area (Å²) in [6.07, 6.45) is 3.99. The molecule has 0 saturated heterocycles. The van der Waals surface area contributed by atoms with Crippen LogP contribution in [0.2, 0.25) is 0 Å². The fraction of sp³-hybridized carbons (Fsp3) is 0.727. The van der Waals surface area contributed by atoms with Gasteiger partial charge in [-0.1, -0.05) is 0 Å². The van der Waals surface area contributed by atoms with Crippen molar-refractivity contribution < 1.29 is 0 Å². The highest BCUT2D eigenvalue weighted by Crippen LogP contribution is 2.21. The van der Waals surface area contributed by atoms with Crippen LogP contribution >= 0.6 is 11.8 Å². The normalized spacial score (nSPS) is 14.2. The molecule has 1 N–H and O–H groups in total. The van der Waals surface area contributed by atoms with Crippen molar-refractivity contribution in [3.05, 3.63) is 18.0 Å². The Morgan fingerprint density at radius 1 is 1.60 bits per heavy atom. The molecular weight excluding hydrogens is 206 g/mol. The molecule has 0 aliphatic rings. The van der Waals surface area contributed by atoms with Crippen molar-refractivity contribution >= 4 is 11.8 Å². The second kappa shape index (κ2) is 5.03. The van der Waals surface area contributed by atoms with Crippen LogP contribution in [0.1, 0.15) is 32.5 Å². The van der Waals surface area contributed by atoms with Gasteiger partial charge in [-0.2, -0.15) is 16.9 Å². The highest BCUT2D eigenvalue weighted by Gasteiger charge is 2.18. The van der Waals surface area contributed by atoms with Gasteiger partial charge in [0, 0.05) is 30.6 Å². The number of nitrogens with one attached hydrogen (secondary N) is 1. The Morgan fingerprint density at radius 3 is 2.73 bits per heavy atom. The fourth-order valence-electron chi connectivity index (χ4n) is 1.38. The Balaban J connectivity index is 2.50. The van der Waals surface area contributed by atoms with Crippen molar-refractivity contribution in [2.24, 2.45) is 7.05 Å². The lowest BCUT2D eigenvalue weighted by atomic mass is 10.1. The summed E-state index contributed by atoms with van der Waals surface area (Å²) in [6, 6.07) is 2.41. The number of aryl methyl sites for hydroxylation is 1. The van der Waals surface area contributed by atoms with Gasteiger partial charge in [0.2, 0.25) is 0 Å². The molecule has 0 amide bonds. The van der Waals surface area contributed by atoms with Gasteiger partial charge >= 0.3 is 0 Å². The first-order valence-electron chi connectivity index (χ1n) is 5.23. The molecule has 1 heterocycles. The number of nitrogens with zero attached hydrogens (tertiary/aromatic N) is 2. The van der Waals surface area contributed by atoms with Gasteiger partial charge < -0.3 is 5.32 Å². The van der Waals surface area contributed by atoms with Crippen LogP contribution in [0.4, 0.5) is 0 Å². The van der Waals surface area contributed by atoms with E-state index in [4.69, 9.17) is 0 Å². The molecular formula is C11H21N3S. The molecule has 15 heavy (non-hydrogen) atoms. The summed E-state index contributed by atoms with van der Waals surface area (Å²) < 4.78 is 2.20. The molecule has 3 nitrogen and oxygen atoms in total. The van der Waals surface area contributed by atoms with E-state index in [0.717, 1.165) is 6.54 Å². The van der Waals surface area contributed by atoms with Crippen LogP contribution in [0.3, 0.4) is 0 Å². The zero-order chi connectivity index (χ0) is 11.5. The molecule has 0 fully saturated rings. The molecule has 0 radical (unpaired) electrons. The topological polar surface area (TPSA) is 29.9 Å². The molecule has 0 bridgehead atoms. The standard InChI is InChI=1S/C11H21N3S/c1-9(10-6-7-13-14(10)4)12-8-11(2,3)15-5/h6-7,9,12H,8H2,1-5H3. The summed E-state index contributed by atoms with van der Waals surface area (Å²) in [4.78, 5) is 0. The van der Waals surface area contributed by atoms with E-state index in [-0.39, 0.29) is 4.75 Å². The van der Waals surface area contributed by atoms with Crippen LogP contribution in [-0.2, 0) is 7.05 Å². The van der Waals surface area contributed by atoms with Crippen LogP contribution in [0.5, 0.6) is 0 Å². The van der Waals surface area contributed by atoms with Crippen LogP contribution in [0.25, 0.3) is 0 Å². The van der Waals surface area contributed by atoms with Gasteiger partial charge in [0.05, 0.1) is 5.69 Å². The van der Waals surface area contributed by atoms with Crippen LogP contribution < -0.4 is 5.32 Å². The van der Waals surface area contributed by atoms with E-state index < -0.39 is 0 Å². The monoisotopic (exact) mass is 227 g/mol. The molecule has 1 unspecified atom stereocenters. The van der Waals surface area contributed by atoms with Gasteiger partial charge in [-0.25, -0.2) is 0 Å². The fourth-order valence-corrected chi connectivity index (χ4v) is 1.61. The molecule has 4 heteroatoms. The average Bonchev–Trinajstić information content (AvgIpc) is 2.61. The van der Waals surface area contributed by atoms with Gasteiger partial charge in [0.1, 0.15) is 0 Å². The zero-order valence-electron chi connectivity index (χ0n) is 10.2. The summed E-state index contributed by atoms with van der Waals surface area (Å²) in [5, 5.41) is 7.71. The van der Waals surface area contributed by atoms with Gasteiger partial charge in [-0.15, -0.1) is 0 Å². The maximum atomic E-state index is 4.17. The molecule has 1 rings (SSSR count). The minimum atomic E-state index is 0.285. The molecule has 0 aromatic carbocycles. The molecule has 1 atom stereocenters. The third-order valence-electron chi connectivity index (χ3n) is 2.69. The molecule has 1 aromatic heterocycles. The van der Waals surface area contributed by atoms with Gasteiger partial charge in [-0.3, -0.25) is 4.68 Å². The lowest BCUT2D eigenvalue weighted by molar-refractivity contribution is 0.495. The van der Waals surface area contributed by atoms with E-state index in [0.29, 0.717) is 6.04 Å². The Labute approximate surface area is 96.6 Å². The van der Waals surface area contributed by atoms with Crippen molar-refractivity contribution in [2.45, 2.75) is 31.6 Å². The Kier molecular flexibility index (Phi) is 4.22. The number of rotatable bonds is 5. The summed E-state index contributed by atoms with van der Waals surface area (Å²) in [6.45, 7) is 7.68. The van der Waals surface area contributed by atoms with E-state index in [1.165, 1.54) is 5.69 Å². The first kappa shape index (κ1) is 12.6. The lowest BCUT2D eigenvalue weighted by Crippen LogP contribution is -2.34. The highest BCUT2D eigenvalue weighted by molar-refractivity contribution is 7.99. The average molecular weight is 227 g/mol. The maximum Gasteiger partial charge on any atom is 0.0547 e. The second-order valence-corrected chi connectivity index (χ2v) is 5.96. The third kappa shape index (κ3) is 3.54. The van der Waals surface area contributed by atoms with E-state index in [1.807, 2.05) is 29.7 Å². The van der Waals surface area contributed by atoms with Gasteiger partial charge in [0.15, 0.2) is 0 Å². The Hall–Kier alpha value is -0.480. The molecule has 0 spiro atoms. The van der Waals surface area contributed by atoms with Crippen molar-refractivity contribution in [2.75, 3.05) is 12.8 Å². The van der Waals surface area contributed by atoms with E-state index in [2.05, 4.69) is 43.5 Å². The maximum absolute atomic E-state index is 4.17. The summed E-state index contributed by atoms with van der Waals surface area (Å²) in [5.74, 6) is 0. The minimum Gasteiger partial charge on any atom is -0.307 e. The van der Waals surface area contributed by atoms with Gasteiger partial charge in [-0.05, 0) is 33.1 Å². The smallest absolute Gasteiger partial charge is 0.0547 e. The molecule has 0 aliphatic carbocycles. The van der Waals surface area contributed by atoms with Crippen LogP contribution in [0, 0.1) is 0 Å². The highest BCUT2D eigenvalue weighted by atomic mass is 32.2. The molecule has 1 aromatic rings.